The van der Waals surface area contributed by atoms with Crippen molar-refractivity contribution < 1.29 is 27.9 Å². The zero-order chi connectivity index (χ0) is 14.6. The number of aromatic carboxylic acids is 1. The summed E-state index contributed by atoms with van der Waals surface area (Å²) < 4.78 is 30.6. The lowest BCUT2D eigenvalue weighted by molar-refractivity contribution is -0.116. The van der Waals surface area contributed by atoms with Crippen molar-refractivity contribution in [3.8, 4) is 5.75 Å². The Labute approximate surface area is 109 Å². The van der Waals surface area contributed by atoms with Crippen LogP contribution in [0.5, 0.6) is 5.75 Å². The van der Waals surface area contributed by atoms with E-state index >= 15 is 0 Å². The second-order valence-corrected chi connectivity index (χ2v) is 5.20. The highest BCUT2D eigenvalue weighted by molar-refractivity contribution is 7.89. The summed E-state index contributed by atoms with van der Waals surface area (Å²) in [6, 6.07) is 3.35. The fourth-order valence-electron chi connectivity index (χ4n) is 1.26. The molecule has 9 heteroatoms. The molecule has 0 radical (unpaired) electrons. The van der Waals surface area contributed by atoms with E-state index in [1.807, 2.05) is 4.72 Å². The predicted molar refractivity (Wildman–Crippen MR) is 64.3 cm³/mol. The Bertz CT molecular complexity index is 610. The highest BCUT2D eigenvalue weighted by Crippen LogP contribution is 2.24. The van der Waals surface area contributed by atoms with Gasteiger partial charge in [0.2, 0.25) is 15.9 Å². The van der Waals surface area contributed by atoms with Crippen molar-refractivity contribution >= 4 is 21.9 Å². The van der Waals surface area contributed by atoms with Crippen LogP contribution in [0.3, 0.4) is 0 Å². The maximum Gasteiger partial charge on any atom is 0.335 e. The van der Waals surface area contributed by atoms with Crippen LogP contribution in [0.15, 0.2) is 23.1 Å². The van der Waals surface area contributed by atoms with Crippen molar-refractivity contribution in [2.24, 2.45) is 5.73 Å². The molecule has 4 N–H and O–H groups in total. The van der Waals surface area contributed by atoms with Gasteiger partial charge in [-0.05, 0) is 18.2 Å². The van der Waals surface area contributed by atoms with E-state index in [1.165, 1.54) is 19.2 Å². The van der Waals surface area contributed by atoms with Gasteiger partial charge in [-0.1, -0.05) is 0 Å². The third kappa shape index (κ3) is 3.66. The number of ether oxygens (including phenoxy) is 1. The largest absolute Gasteiger partial charge is 0.495 e. The number of carboxylic acids is 1. The fourth-order valence-corrected chi connectivity index (χ4v) is 2.45. The van der Waals surface area contributed by atoms with Gasteiger partial charge in [0.1, 0.15) is 10.6 Å². The van der Waals surface area contributed by atoms with Crippen LogP contribution in [0.1, 0.15) is 10.4 Å². The molecule has 1 rings (SSSR count). The van der Waals surface area contributed by atoms with Crippen molar-refractivity contribution in [1.29, 1.82) is 0 Å². The molecule has 0 aliphatic rings. The first kappa shape index (κ1) is 14.9. The molecule has 1 aromatic rings. The number of amides is 1. The minimum Gasteiger partial charge on any atom is -0.495 e. The molecule has 19 heavy (non-hydrogen) atoms. The summed E-state index contributed by atoms with van der Waals surface area (Å²) in [6.07, 6.45) is 0. The van der Waals surface area contributed by atoms with E-state index in [4.69, 9.17) is 15.6 Å². The summed E-state index contributed by atoms with van der Waals surface area (Å²) in [7, 11) is -2.85. The third-order valence-corrected chi connectivity index (χ3v) is 3.56. The molecular weight excluding hydrogens is 276 g/mol. The SMILES string of the molecule is COc1ccc(C(=O)O)cc1S(=O)(=O)NCC(N)=O. The summed E-state index contributed by atoms with van der Waals surface area (Å²) >= 11 is 0. The van der Waals surface area contributed by atoms with Gasteiger partial charge in [-0.2, -0.15) is 0 Å². The zero-order valence-corrected chi connectivity index (χ0v) is 10.7. The van der Waals surface area contributed by atoms with E-state index in [2.05, 4.69) is 0 Å². The number of benzene rings is 1. The van der Waals surface area contributed by atoms with Gasteiger partial charge in [0.15, 0.2) is 0 Å². The molecule has 0 heterocycles. The Morgan fingerprint density at radius 3 is 2.53 bits per heavy atom. The monoisotopic (exact) mass is 288 g/mol. The Morgan fingerprint density at radius 2 is 2.05 bits per heavy atom. The molecule has 0 bridgehead atoms. The van der Waals surface area contributed by atoms with Crippen LogP contribution in [0.25, 0.3) is 0 Å². The Morgan fingerprint density at radius 1 is 1.42 bits per heavy atom. The van der Waals surface area contributed by atoms with Crippen molar-refractivity contribution in [1.82, 2.24) is 4.72 Å². The molecule has 0 aromatic heterocycles. The average molecular weight is 288 g/mol. The maximum absolute atomic E-state index is 11.9. The number of rotatable bonds is 6. The van der Waals surface area contributed by atoms with Gasteiger partial charge in [0.25, 0.3) is 0 Å². The molecule has 0 unspecified atom stereocenters. The summed E-state index contributed by atoms with van der Waals surface area (Å²) in [4.78, 5) is 21.0. The molecule has 1 aromatic carbocycles. The number of carboxylic acid groups (broad SMARTS) is 1. The molecule has 0 aliphatic heterocycles. The number of carbonyl (C=O) groups is 2. The molecule has 0 saturated carbocycles. The summed E-state index contributed by atoms with van der Waals surface area (Å²) in [6.45, 7) is -0.594. The smallest absolute Gasteiger partial charge is 0.335 e. The maximum atomic E-state index is 11.9. The van der Waals surface area contributed by atoms with E-state index < -0.39 is 28.4 Å². The van der Waals surface area contributed by atoms with Gasteiger partial charge in [-0.25, -0.2) is 17.9 Å². The van der Waals surface area contributed by atoms with Crippen LogP contribution in [-0.2, 0) is 14.8 Å². The Kier molecular flexibility index (Phi) is 4.46. The molecule has 8 nitrogen and oxygen atoms in total. The highest BCUT2D eigenvalue weighted by Gasteiger charge is 2.21. The normalized spacial score (nSPS) is 11.0. The molecule has 104 valence electrons. The highest BCUT2D eigenvalue weighted by atomic mass is 32.2. The van der Waals surface area contributed by atoms with Crippen LogP contribution in [0.4, 0.5) is 0 Å². The van der Waals surface area contributed by atoms with Gasteiger partial charge < -0.3 is 15.6 Å². The van der Waals surface area contributed by atoms with Crippen LogP contribution in [0.2, 0.25) is 0 Å². The number of nitrogens with two attached hydrogens (primary N) is 1. The van der Waals surface area contributed by atoms with Gasteiger partial charge in [-0.3, -0.25) is 4.79 Å². The van der Waals surface area contributed by atoms with Gasteiger partial charge in [-0.15, -0.1) is 0 Å². The number of nitrogens with one attached hydrogen (secondary N) is 1. The summed E-state index contributed by atoms with van der Waals surface area (Å²) in [5.74, 6) is -2.19. The Hall–Kier alpha value is -2.13. The lowest BCUT2D eigenvalue weighted by Gasteiger charge is -2.10. The zero-order valence-electron chi connectivity index (χ0n) is 9.91. The number of primary amides is 1. The van der Waals surface area contributed by atoms with Crippen LogP contribution >= 0.6 is 0 Å². The lowest BCUT2D eigenvalue weighted by Crippen LogP contribution is -2.33. The molecule has 0 spiro atoms. The predicted octanol–water partition coefficient (Wildman–Crippen LogP) is -0.843. The quantitative estimate of drug-likeness (QED) is 0.624. The van der Waals surface area contributed by atoms with Crippen LogP contribution in [0, 0.1) is 0 Å². The van der Waals surface area contributed by atoms with Crippen molar-refractivity contribution in [3.05, 3.63) is 23.8 Å². The van der Waals surface area contributed by atoms with Crippen molar-refractivity contribution in [2.45, 2.75) is 4.90 Å². The van der Waals surface area contributed by atoms with Crippen LogP contribution in [-0.4, -0.2) is 39.1 Å². The number of hydrogen-bond acceptors (Lipinski definition) is 5. The first-order valence-corrected chi connectivity index (χ1v) is 6.45. The van der Waals surface area contributed by atoms with Gasteiger partial charge in [0.05, 0.1) is 19.2 Å². The summed E-state index contributed by atoms with van der Waals surface area (Å²) in [5.41, 5.74) is 4.61. The number of hydrogen-bond donors (Lipinski definition) is 3. The number of sulfonamides is 1. The van der Waals surface area contributed by atoms with E-state index in [0.717, 1.165) is 6.07 Å². The molecule has 0 fully saturated rings. The first-order chi connectivity index (χ1) is 8.77. The molecule has 0 aliphatic carbocycles. The second kappa shape index (κ2) is 5.67. The van der Waals surface area contributed by atoms with E-state index in [-0.39, 0.29) is 16.2 Å². The third-order valence-electron chi connectivity index (χ3n) is 2.14. The van der Waals surface area contributed by atoms with E-state index in [9.17, 15) is 18.0 Å². The standard InChI is InChI=1S/C10H12N2O6S/c1-18-7-3-2-6(10(14)15)4-8(7)19(16,17)12-5-9(11)13/h2-4,12H,5H2,1H3,(H2,11,13)(H,14,15). The molecular formula is C10H12N2O6S. The topological polar surface area (TPSA) is 136 Å². The average Bonchev–Trinajstić information content (AvgIpc) is 2.35. The summed E-state index contributed by atoms with van der Waals surface area (Å²) in [5, 5.41) is 8.83. The van der Waals surface area contributed by atoms with Gasteiger partial charge in [0, 0.05) is 0 Å². The Balaban J connectivity index is 3.26. The molecule has 0 saturated heterocycles. The molecule has 1 amide bonds. The second-order valence-electron chi connectivity index (χ2n) is 3.46. The fraction of sp³-hybridized carbons (Fsp3) is 0.200. The minimum atomic E-state index is -4.09. The van der Waals surface area contributed by atoms with Crippen molar-refractivity contribution in [2.75, 3.05) is 13.7 Å². The van der Waals surface area contributed by atoms with Gasteiger partial charge >= 0.3 is 5.97 Å². The molecule has 0 atom stereocenters. The minimum absolute atomic E-state index is 0.0398. The van der Waals surface area contributed by atoms with Crippen LogP contribution < -0.4 is 15.2 Å². The lowest BCUT2D eigenvalue weighted by atomic mass is 10.2. The number of carbonyl (C=O) groups excluding carboxylic acids is 1. The van der Waals surface area contributed by atoms with E-state index in [1.54, 1.807) is 0 Å². The van der Waals surface area contributed by atoms with Crippen molar-refractivity contribution in [3.63, 3.8) is 0 Å². The first-order valence-electron chi connectivity index (χ1n) is 4.97. The number of methoxy groups -OCH3 is 1. The van der Waals surface area contributed by atoms with E-state index in [0.29, 0.717) is 0 Å².